The van der Waals surface area contributed by atoms with Crippen LogP contribution in [0.2, 0.25) is 18.1 Å². The first-order valence-corrected chi connectivity index (χ1v) is 20.8. The van der Waals surface area contributed by atoms with E-state index < -0.39 is 18.4 Å². The number of ether oxygens (including phenoxy) is 1. The van der Waals surface area contributed by atoms with Gasteiger partial charge in [0.25, 0.3) is 10.1 Å². The minimum absolute atomic E-state index is 0.0280. The Labute approximate surface area is 277 Å². The molecular formula is C38H52O6SSi. The molecule has 0 radical (unpaired) electrons. The molecule has 0 saturated heterocycles. The summed E-state index contributed by atoms with van der Waals surface area (Å²) in [5.74, 6) is 1.02. The number of hydrogen-bond donors (Lipinski definition) is 0. The molecule has 250 valence electrons. The fourth-order valence-electron chi connectivity index (χ4n) is 5.34. The Balaban J connectivity index is 1.79. The topological polar surface area (TPSA) is 75.0 Å². The zero-order valence-corrected chi connectivity index (χ0v) is 30.9. The van der Waals surface area contributed by atoms with E-state index >= 15 is 0 Å². The van der Waals surface area contributed by atoms with Gasteiger partial charge in [0.2, 0.25) is 0 Å². The third-order valence-electron chi connectivity index (χ3n) is 9.07. The van der Waals surface area contributed by atoms with Crippen LogP contribution in [0.1, 0.15) is 88.1 Å². The number of aryl methyl sites for hydroxylation is 1. The Morgan fingerprint density at radius 1 is 0.957 bits per heavy atom. The largest absolute Gasteiger partial charge is 0.488 e. The van der Waals surface area contributed by atoms with Crippen molar-refractivity contribution in [2.75, 3.05) is 6.61 Å². The average molecular weight is 665 g/mol. The Hall–Kier alpha value is -2.91. The van der Waals surface area contributed by atoms with Crippen LogP contribution in [0, 0.1) is 12.8 Å². The normalized spacial score (nSPS) is 13.4. The van der Waals surface area contributed by atoms with Gasteiger partial charge in [0.15, 0.2) is 8.32 Å². The van der Waals surface area contributed by atoms with Gasteiger partial charge in [-0.2, -0.15) is 8.42 Å². The van der Waals surface area contributed by atoms with Gasteiger partial charge < -0.3 is 13.6 Å². The zero-order valence-electron chi connectivity index (χ0n) is 29.1. The molecule has 1 atom stereocenters. The fraction of sp³-hybridized carbons (Fsp3) is 0.474. The molecule has 0 spiro atoms. The Bertz CT molecular complexity index is 1680. The molecule has 0 aliphatic rings. The van der Waals surface area contributed by atoms with E-state index in [0.717, 1.165) is 63.8 Å². The maximum atomic E-state index is 13.1. The van der Waals surface area contributed by atoms with Gasteiger partial charge in [-0.15, -0.1) is 0 Å². The van der Waals surface area contributed by atoms with Crippen LogP contribution < -0.4 is 4.74 Å². The van der Waals surface area contributed by atoms with Crippen molar-refractivity contribution in [2.45, 2.75) is 110 Å². The summed E-state index contributed by atoms with van der Waals surface area (Å²) in [4.78, 5) is 0.162. The van der Waals surface area contributed by atoms with E-state index in [9.17, 15) is 8.42 Å². The minimum atomic E-state index is -3.91. The van der Waals surface area contributed by atoms with Crippen LogP contribution >= 0.6 is 0 Å². The quantitative estimate of drug-likeness (QED) is 0.0930. The number of benzene rings is 3. The predicted molar refractivity (Wildman–Crippen MR) is 189 cm³/mol. The molecule has 0 bridgehead atoms. The molecule has 6 nitrogen and oxygen atoms in total. The zero-order chi connectivity index (χ0) is 33.7. The van der Waals surface area contributed by atoms with Gasteiger partial charge in [0, 0.05) is 16.9 Å². The lowest BCUT2D eigenvalue weighted by Crippen LogP contribution is -2.40. The highest BCUT2D eigenvalue weighted by Gasteiger charge is 2.38. The van der Waals surface area contributed by atoms with Gasteiger partial charge >= 0.3 is 0 Å². The van der Waals surface area contributed by atoms with Crippen LogP contribution in [0.4, 0.5) is 0 Å². The highest BCUT2D eigenvalue weighted by molar-refractivity contribution is 7.86. The molecule has 0 aliphatic carbocycles. The molecule has 8 heteroatoms. The molecule has 1 heterocycles. The van der Waals surface area contributed by atoms with E-state index in [1.807, 2.05) is 25.1 Å². The van der Waals surface area contributed by atoms with Gasteiger partial charge in [-0.05, 0) is 73.1 Å². The maximum absolute atomic E-state index is 13.1. The van der Waals surface area contributed by atoms with E-state index in [0.29, 0.717) is 19.1 Å². The lowest BCUT2D eigenvalue weighted by molar-refractivity contribution is 0.255. The van der Waals surface area contributed by atoms with E-state index in [4.69, 9.17) is 17.8 Å². The van der Waals surface area contributed by atoms with Gasteiger partial charge in [0.1, 0.15) is 17.9 Å². The van der Waals surface area contributed by atoms with Crippen LogP contribution in [0.15, 0.2) is 76.2 Å². The molecule has 4 aromatic rings. The molecule has 0 saturated carbocycles. The lowest BCUT2D eigenvalue weighted by atomic mass is 9.91. The smallest absolute Gasteiger partial charge is 0.296 e. The van der Waals surface area contributed by atoms with Crippen molar-refractivity contribution in [3.05, 3.63) is 94.7 Å². The summed E-state index contributed by atoms with van der Waals surface area (Å²) in [5.41, 5.74) is 5.76. The van der Waals surface area contributed by atoms with Crippen molar-refractivity contribution in [3.63, 3.8) is 0 Å². The summed E-state index contributed by atoms with van der Waals surface area (Å²) in [6, 6.07) is 19.1. The monoisotopic (exact) mass is 664 g/mol. The van der Waals surface area contributed by atoms with Gasteiger partial charge in [-0.1, -0.05) is 96.0 Å². The standard InChI is InChI=1S/C38H52O6SSi/c1-10-14-30(24-43-45(39,40)32-19-17-28(4)18-20-32)34-25-42-37-33(34)22-31(21-27(2)3)36(41-23-29-15-12-11-13-16-29)35(37)26-44-46(8,9)38(5,6)7/h11-13,15-20,22,25,27,30H,10,14,21,23-24,26H2,1-9H3. The average Bonchev–Trinajstić information content (AvgIpc) is 3.40. The van der Waals surface area contributed by atoms with Crippen molar-refractivity contribution in [1.82, 2.24) is 0 Å². The number of rotatable bonds is 15. The molecule has 4 rings (SSSR count). The summed E-state index contributed by atoms with van der Waals surface area (Å²) in [6.07, 6.45) is 4.21. The third kappa shape index (κ3) is 8.71. The molecule has 3 aromatic carbocycles. The number of fused-ring (bicyclic) bond motifs is 1. The van der Waals surface area contributed by atoms with E-state index in [1.165, 1.54) is 0 Å². The molecule has 1 unspecified atom stereocenters. The Morgan fingerprint density at radius 3 is 2.24 bits per heavy atom. The second-order valence-electron chi connectivity index (χ2n) is 14.4. The lowest BCUT2D eigenvalue weighted by Gasteiger charge is -2.36. The van der Waals surface area contributed by atoms with E-state index in [-0.39, 0.29) is 22.5 Å². The van der Waals surface area contributed by atoms with Gasteiger partial charge in [0.05, 0.1) is 29.9 Å². The minimum Gasteiger partial charge on any atom is -0.488 e. The first kappa shape index (κ1) is 35.9. The Kier molecular flexibility index (Phi) is 11.6. The summed E-state index contributed by atoms with van der Waals surface area (Å²) in [7, 11) is -6.03. The van der Waals surface area contributed by atoms with Gasteiger partial charge in [-0.25, -0.2) is 0 Å². The summed E-state index contributed by atoms with van der Waals surface area (Å²) in [5, 5.41) is 0.999. The number of hydrogen-bond acceptors (Lipinski definition) is 6. The second kappa shape index (κ2) is 14.9. The predicted octanol–water partition coefficient (Wildman–Crippen LogP) is 10.3. The van der Waals surface area contributed by atoms with Crippen molar-refractivity contribution in [1.29, 1.82) is 0 Å². The van der Waals surface area contributed by atoms with Crippen LogP contribution in [-0.4, -0.2) is 23.3 Å². The SMILES string of the molecule is CCCC(COS(=O)(=O)c1ccc(C)cc1)c1coc2c(CO[Si](C)(C)C(C)(C)C)c(OCc3ccccc3)c(CC(C)C)cc12. The molecule has 46 heavy (non-hydrogen) atoms. The van der Waals surface area contributed by atoms with Crippen molar-refractivity contribution >= 4 is 29.4 Å². The Morgan fingerprint density at radius 2 is 1.63 bits per heavy atom. The summed E-state index contributed by atoms with van der Waals surface area (Å²) < 4.78 is 51.8. The second-order valence-corrected chi connectivity index (χ2v) is 20.8. The molecule has 0 fully saturated rings. The molecular weight excluding hydrogens is 613 g/mol. The van der Waals surface area contributed by atoms with Crippen LogP contribution in [0.25, 0.3) is 11.0 Å². The van der Waals surface area contributed by atoms with Crippen molar-refractivity contribution in [3.8, 4) is 5.75 Å². The van der Waals surface area contributed by atoms with E-state index in [2.05, 4.69) is 72.8 Å². The van der Waals surface area contributed by atoms with Crippen LogP contribution in [0.3, 0.4) is 0 Å². The first-order valence-electron chi connectivity index (χ1n) is 16.5. The third-order valence-corrected chi connectivity index (χ3v) is 14.8. The first-order chi connectivity index (χ1) is 21.6. The fourth-order valence-corrected chi connectivity index (χ4v) is 7.23. The molecule has 0 N–H and O–H groups in total. The highest BCUT2D eigenvalue weighted by Crippen LogP contribution is 2.43. The molecule has 0 aliphatic heterocycles. The van der Waals surface area contributed by atoms with Crippen molar-refractivity contribution < 1.29 is 26.2 Å². The van der Waals surface area contributed by atoms with E-state index in [1.54, 1.807) is 30.5 Å². The summed E-state index contributed by atoms with van der Waals surface area (Å²) >= 11 is 0. The number of furan rings is 1. The summed E-state index contributed by atoms with van der Waals surface area (Å²) in [6.45, 7) is 20.5. The molecule has 1 aromatic heterocycles. The van der Waals surface area contributed by atoms with Crippen molar-refractivity contribution in [2.24, 2.45) is 5.92 Å². The molecule has 0 amide bonds. The highest BCUT2D eigenvalue weighted by atomic mass is 32.2. The van der Waals surface area contributed by atoms with Crippen LogP contribution in [0.5, 0.6) is 5.75 Å². The maximum Gasteiger partial charge on any atom is 0.296 e. The van der Waals surface area contributed by atoms with Gasteiger partial charge in [-0.3, -0.25) is 4.18 Å². The van der Waals surface area contributed by atoms with Crippen LogP contribution in [-0.2, 0) is 38.4 Å².